The summed E-state index contributed by atoms with van der Waals surface area (Å²) >= 11 is 0. The molecule has 0 radical (unpaired) electrons. The van der Waals surface area contributed by atoms with Gasteiger partial charge in [-0.15, -0.1) is 0 Å². The lowest BCUT2D eigenvalue weighted by Crippen LogP contribution is -2.08. The molecule has 0 saturated heterocycles. The van der Waals surface area contributed by atoms with E-state index in [1.165, 1.54) is 24.3 Å². The molecule has 110 valence electrons. The van der Waals surface area contributed by atoms with Crippen LogP contribution in [0.1, 0.15) is 24.1 Å². The molecular formula is C15H15FN2O3. The average molecular weight is 290 g/mol. The first-order valence-electron chi connectivity index (χ1n) is 6.37. The van der Waals surface area contributed by atoms with Crippen LogP contribution in [0.5, 0.6) is 11.5 Å². The Hall–Kier alpha value is -2.47. The molecule has 0 saturated carbocycles. The molecule has 0 aromatic heterocycles. The summed E-state index contributed by atoms with van der Waals surface area (Å²) in [4.78, 5) is 10.5. The van der Waals surface area contributed by atoms with E-state index in [1.807, 2.05) is 0 Å². The molecule has 0 heterocycles. The minimum atomic E-state index is -0.611. The van der Waals surface area contributed by atoms with Gasteiger partial charge in [-0.3, -0.25) is 10.1 Å². The Morgan fingerprint density at radius 1 is 1.33 bits per heavy atom. The molecule has 0 amide bonds. The number of nitrogens with two attached hydrogens (primary N) is 1. The van der Waals surface area contributed by atoms with Gasteiger partial charge in [0.15, 0.2) is 11.6 Å². The van der Waals surface area contributed by atoms with Crippen molar-refractivity contribution in [3.63, 3.8) is 0 Å². The summed E-state index contributed by atoms with van der Waals surface area (Å²) in [6, 6.07) is 8.40. The third-order valence-electron chi connectivity index (χ3n) is 3.01. The molecule has 0 unspecified atom stereocenters. The van der Waals surface area contributed by atoms with Crippen molar-refractivity contribution in [3.05, 3.63) is 63.5 Å². The highest BCUT2D eigenvalue weighted by molar-refractivity contribution is 5.51. The first-order chi connectivity index (χ1) is 9.90. The molecule has 2 rings (SSSR count). The zero-order valence-electron chi connectivity index (χ0n) is 11.7. The molecular weight excluding hydrogens is 275 g/mol. The van der Waals surface area contributed by atoms with E-state index in [-0.39, 0.29) is 17.2 Å². The smallest absolute Gasteiger partial charge is 0.311 e. The topological polar surface area (TPSA) is 78.4 Å². The number of nitro benzene ring substituents is 1. The van der Waals surface area contributed by atoms with Crippen molar-refractivity contribution in [2.45, 2.75) is 19.9 Å². The third-order valence-corrected chi connectivity index (χ3v) is 3.01. The van der Waals surface area contributed by atoms with Crippen LogP contribution in [-0.4, -0.2) is 4.92 Å². The second-order valence-corrected chi connectivity index (χ2v) is 4.78. The third kappa shape index (κ3) is 3.17. The number of halogens is 1. The maximum Gasteiger partial charge on any atom is 0.311 e. The van der Waals surface area contributed by atoms with Crippen molar-refractivity contribution in [1.82, 2.24) is 0 Å². The predicted molar refractivity (Wildman–Crippen MR) is 76.9 cm³/mol. The Morgan fingerprint density at radius 3 is 2.67 bits per heavy atom. The zero-order valence-corrected chi connectivity index (χ0v) is 11.7. The molecule has 0 bridgehead atoms. The number of benzene rings is 2. The summed E-state index contributed by atoms with van der Waals surface area (Å²) in [6.07, 6.45) is 0. The number of rotatable bonds is 4. The van der Waals surface area contributed by atoms with E-state index in [1.54, 1.807) is 26.0 Å². The van der Waals surface area contributed by atoms with Crippen molar-refractivity contribution < 1.29 is 14.1 Å². The lowest BCUT2D eigenvalue weighted by Gasteiger charge is -2.14. The molecule has 0 aliphatic heterocycles. The molecule has 2 aromatic rings. The van der Waals surface area contributed by atoms with E-state index in [2.05, 4.69) is 0 Å². The summed E-state index contributed by atoms with van der Waals surface area (Å²) in [5.41, 5.74) is 6.73. The number of aryl methyl sites for hydroxylation is 1. The molecule has 1 atom stereocenters. The van der Waals surface area contributed by atoms with Crippen LogP contribution in [0.3, 0.4) is 0 Å². The predicted octanol–water partition coefficient (Wildman–Crippen LogP) is 3.85. The zero-order chi connectivity index (χ0) is 15.6. The van der Waals surface area contributed by atoms with E-state index in [0.29, 0.717) is 5.56 Å². The monoisotopic (exact) mass is 290 g/mol. The summed E-state index contributed by atoms with van der Waals surface area (Å²) in [7, 11) is 0. The van der Waals surface area contributed by atoms with Gasteiger partial charge in [-0.2, -0.15) is 0 Å². The maximum absolute atomic E-state index is 14.0. The van der Waals surface area contributed by atoms with Crippen molar-refractivity contribution in [2.75, 3.05) is 0 Å². The van der Waals surface area contributed by atoms with Crippen molar-refractivity contribution in [1.29, 1.82) is 0 Å². The minimum Gasteiger partial charge on any atom is -0.447 e. The van der Waals surface area contributed by atoms with Crippen LogP contribution in [0.25, 0.3) is 0 Å². The Labute approximate surface area is 121 Å². The first kappa shape index (κ1) is 14.9. The highest BCUT2D eigenvalue weighted by atomic mass is 19.1. The van der Waals surface area contributed by atoms with E-state index in [0.717, 1.165) is 5.56 Å². The summed E-state index contributed by atoms with van der Waals surface area (Å²) in [6.45, 7) is 3.42. The molecule has 0 aliphatic rings. The van der Waals surface area contributed by atoms with Crippen LogP contribution in [0.15, 0.2) is 36.4 Å². The lowest BCUT2D eigenvalue weighted by molar-refractivity contribution is -0.385. The normalized spacial score (nSPS) is 12.0. The summed E-state index contributed by atoms with van der Waals surface area (Å²) in [5.74, 6) is -0.711. The van der Waals surface area contributed by atoms with Crippen molar-refractivity contribution in [3.8, 4) is 11.5 Å². The van der Waals surface area contributed by atoms with Crippen LogP contribution >= 0.6 is 0 Å². The second kappa shape index (κ2) is 5.88. The highest BCUT2D eigenvalue weighted by Gasteiger charge is 2.20. The van der Waals surface area contributed by atoms with Gasteiger partial charge in [-0.25, -0.2) is 4.39 Å². The fourth-order valence-corrected chi connectivity index (χ4v) is 1.96. The fraction of sp³-hybridized carbons (Fsp3) is 0.200. The molecule has 0 aliphatic carbocycles. The Morgan fingerprint density at radius 2 is 2.05 bits per heavy atom. The number of ether oxygens (including phenoxy) is 1. The Balaban J connectivity index is 2.51. The largest absolute Gasteiger partial charge is 0.447 e. The van der Waals surface area contributed by atoms with Crippen molar-refractivity contribution in [2.24, 2.45) is 5.73 Å². The minimum absolute atomic E-state index is 0.0161. The van der Waals surface area contributed by atoms with E-state index in [4.69, 9.17) is 10.5 Å². The molecule has 6 heteroatoms. The van der Waals surface area contributed by atoms with Gasteiger partial charge in [-0.05, 0) is 31.5 Å². The summed E-state index contributed by atoms with van der Waals surface area (Å²) < 4.78 is 19.4. The van der Waals surface area contributed by atoms with Gasteiger partial charge >= 0.3 is 5.69 Å². The van der Waals surface area contributed by atoms with Gasteiger partial charge in [0, 0.05) is 17.7 Å². The number of para-hydroxylation sites is 1. The van der Waals surface area contributed by atoms with Crippen LogP contribution in [-0.2, 0) is 0 Å². The van der Waals surface area contributed by atoms with Gasteiger partial charge < -0.3 is 10.5 Å². The number of nitrogens with zero attached hydrogens (tertiary/aromatic N) is 1. The molecule has 0 fully saturated rings. The molecule has 2 N–H and O–H groups in total. The molecule has 2 aromatic carbocycles. The number of nitro groups is 1. The van der Waals surface area contributed by atoms with Gasteiger partial charge in [0.05, 0.1) is 4.92 Å². The fourth-order valence-electron chi connectivity index (χ4n) is 1.96. The molecule has 0 spiro atoms. The number of hydrogen-bond acceptors (Lipinski definition) is 4. The van der Waals surface area contributed by atoms with Crippen LogP contribution in [0.4, 0.5) is 10.1 Å². The van der Waals surface area contributed by atoms with Gasteiger partial charge in [-0.1, -0.05) is 18.2 Å². The molecule has 21 heavy (non-hydrogen) atoms. The van der Waals surface area contributed by atoms with Crippen LogP contribution in [0, 0.1) is 22.9 Å². The van der Waals surface area contributed by atoms with Gasteiger partial charge in [0.2, 0.25) is 5.75 Å². The van der Waals surface area contributed by atoms with Crippen LogP contribution < -0.4 is 10.5 Å². The van der Waals surface area contributed by atoms with Crippen LogP contribution in [0.2, 0.25) is 0 Å². The van der Waals surface area contributed by atoms with Gasteiger partial charge in [0.1, 0.15) is 0 Å². The average Bonchev–Trinajstić information content (AvgIpc) is 2.42. The van der Waals surface area contributed by atoms with Gasteiger partial charge in [0.25, 0.3) is 0 Å². The van der Waals surface area contributed by atoms with E-state index in [9.17, 15) is 14.5 Å². The van der Waals surface area contributed by atoms with E-state index >= 15 is 0 Å². The Kier molecular flexibility index (Phi) is 4.18. The second-order valence-electron chi connectivity index (χ2n) is 4.78. The standard InChI is InChI=1S/C15H15FN2O3/c1-9-6-7-14(13(8-9)18(19)20)21-15-11(10(2)17)4-3-5-12(15)16/h3-8,10H,17H2,1-2H3/t10-/m0/s1. The SMILES string of the molecule is Cc1ccc(Oc2c(F)cccc2[C@H](C)N)c([N+](=O)[O-])c1. The van der Waals surface area contributed by atoms with E-state index < -0.39 is 16.8 Å². The first-order valence-corrected chi connectivity index (χ1v) is 6.37. The summed E-state index contributed by atoms with van der Waals surface area (Å²) in [5, 5.41) is 11.1. The van der Waals surface area contributed by atoms with Crippen molar-refractivity contribution >= 4 is 5.69 Å². The molecule has 5 nitrogen and oxygen atoms in total. The highest BCUT2D eigenvalue weighted by Crippen LogP contribution is 2.36. The quantitative estimate of drug-likeness (QED) is 0.685. The number of hydrogen-bond donors (Lipinski definition) is 1. The lowest BCUT2D eigenvalue weighted by atomic mass is 10.1. The maximum atomic E-state index is 14.0. The Bertz CT molecular complexity index is 687.